The Labute approximate surface area is 97.3 Å². The third kappa shape index (κ3) is 2.25. The summed E-state index contributed by atoms with van der Waals surface area (Å²) < 4.78 is 0. The van der Waals surface area contributed by atoms with E-state index in [4.69, 9.17) is 5.26 Å². The van der Waals surface area contributed by atoms with Gasteiger partial charge >= 0.3 is 0 Å². The van der Waals surface area contributed by atoms with Gasteiger partial charge in [-0.15, -0.1) is 0 Å². The first-order valence-electron chi connectivity index (χ1n) is 6.01. The zero-order valence-electron chi connectivity index (χ0n) is 9.74. The van der Waals surface area contributed by atoms with E-state index in [9.17, 15) is 0 Å². The lowest BCUT2D eigenvalue weighted by molar-refractivity contribution is 0.453. The first-order valence-corrected chi connectivity index (χ1v) is 6.01. The van der Waals surface area contributed by atoms with Crippen LogP contribution in [0.3, 0.4) is 0 Å². The van der Waals surface area contributed by atoms with E-state index < -0.39 is 0 Å². The van der Waals surface area contributed by atoms with Gasteiger partial charge < -0.3 is 0 Å². The standard InChI is InChI=1S/C14H17N2/c1-2-11-9-13(3-4-14(11)10-15)12-5-7-16-8-6-12/h3-4,9,12H,2,5-8H2,1H3. The van der Waals surface area contributed by atoms with E-state index in [1.165, 1.54) is 11.1 Å². The van der Waals surface area contributed by atoms with Crippen molar-refractivity contribution in [1.29, 1.82) is 5.26 Å². The zero-order chi connectivity index (χ0) is 11.4. The molecule has 0 atom stereocenters. The summed E-state index contributed by atoms with van der Waals surface area (Å²) in [4.78, 5) is 0. The normalized spacial score (nSPS) is 17.0. The fourth-order valence-electron chi connectivity index (χ4n) is 2.35. The number of aryl methyl sites for hydroxylation is 1. The minimum atomic E-state index is 0.649. The van der Waals surface area contributed by atoms with Crippen LogP contribution in [0.2, 0.25) is 0 Å². The number of nitriles is 1. The lowest BCUT2D eigenvalue weighted by Crippen LogP contribution is -2.21. The van der Waals surface area contributed by atoms with Gasteiger partial charge in [-0.25, -0.2) is 5.32 Å². The number of rotatable bonds is 2. The molecular formula is C14H17N2. The van der Waals surface area contributed by atoms with Gasteiger partial charge in [0.25, 0.3) is 0 Å². The summed E-state index contributed by atoms with van der Waals surface area (Å²) in [6.45, 7) is 4.09. The molecule has 0 saturated carbocycles. The summed E-state index contributed by atoms with van der Waals surface area (Å²) >= 11 is 0. The topological polar surface area (TPSA) is 37.9 Å². The van der Waals surface area contributed by atoms with Crippen molar-refractivity contribution >= 4 is 0 Å². The summed E-state index contributed by atoms with van der Waals surface area (Å²) in [5.41, 5.74) is 3.40. The molecule has 2 rings (SSSR count). The lowest BCUT2D eigenvalue weighted by Gasteiger charge is -2.22. The summed E-state index contributed by atoms with van der Waals surface area (Å²) in [6, 6.07) is 8.57. The second kappa shape index (κ2) is 5.14. The maximum atomic E-state index is 8.99. The monoisotopic (exact) mass is 213 g/mol. The van der Waals surface area contributed by atoms with Gasteiger partial charge in [0.05, 0.1) is 11.6 Å². The second-order valence-corrected chi connectivity index (χ2v) is 4.33. The van der Waals surface area contributed by atoms with Crippen LogP contribution in [0.25, 0.3) is 0 Å². The van der Waals surface area contributed by atoms with Crippen LogP contribution in [0, 0.1) is 11.3 Å². The van der Waals surface area contributed by atoms with Crippen molar-refractivity contribution in [3.8, 4) is 6.07 Å². The maximum Gasteiger partial charge on any atom is 0.0994 e. The van der Waals surface area contributed by atoms with Crippen molar-refractivity contribution in [1.82, 2.24) is 5.32 Å². The van der Waals surface area contributed by atoms with E-state index in [1.54, 1.807) is 0 Å². The molecule has 0 unspecified atom stereocenters. The first-order chi connectivity index (χ1) is 7.85. The molecule has 0 aliphatic carbocycles. The average molecular weight is 213 g/mol. The Morgan fingerprint density at radius 1 is 1.38 bits per heavy atom. The van der Waals surface area contributed by atoms with Crippen LogP contribution in [0.5, 0.6) is 0 Å². The Morgan fingerprint density at radius 2 is 2.12 bits per heavy atom. The van der Waals surface area contributed by atoms with Crippen molar-refractivity contribution in [3.63, 3.8) is 0 Å². The minimum Gasteiger partial charge on any atom is -0.242 e. The molecule has 2 nitrogen and oxygen atoms in total. The molecule has 0 aromatic heterocycles. The molecule has 1 aliphatic heterocycles. The highest BCUT2D eigenvalue weighted by Gasteiger charge is 2.16. The van der Waals surface area contributed by atoms with Gasteiger partial charge in [-0.3, -0.25) is 0 Å². The summed E-state index contributed by atoms with van der Waals surface area (Å²) in [6.07, 6.45) is 3.26. The Morgan fingerprint density at radius 3 is 2.75 bits per heavy atom. The number of piperidine rings is 1. The van der Waals surface area contributed by atoms with Gasteiger partial charge in [0.15, 0.2) is 0 Å². The molecular weight excluding hydrogens is 196 g/mol. The largest absolute Gasteiger partial charge is 0.242 e. The molecule has 1 fully saturated rings. The van der Waals surface area contributed by atoms with Crippen LogP contribution < -0.4 is 5.32 Å². The van der Waals surface area contributed by atoms with E-state index in [1.807, 2.05) is 6.07 Å². The molecule has 1 saturated heterocycles. The van der Waals surface area contributed by atoms with Gasteiger partial charge in [0.1, 0.15) is 0 Å². The van der Waals surface area contributed by atoms with E-state index in [0.29, 0.717) is 5.92 Å². The quantitative estimate of drug-likeness (QED) is 0.744. The van der Waals surface area contributed by atoms with Crippen molar-refractivity contribution in [2.75, 3.05) is 13.1 Å². The Hall–Kier alpha value is -1.33. The summed E-state index contributed by atoms with van der Waals surface area (Å²) in [5, 5.41) is 13.4. The molecule has 1 aromatic rings. The second-order valence-electron chi connectivity index (χ2n) is 4.33. The predicted octanol–water partition coefficient (Wildman–Crippen LogP) is 2.60. The van der Waals surface area contributed by atoms with Gasteiger partial charge in [-0.1, -0.05) is 19.1 Å². The van der Waals surface area contributed by atoms with Crippen LogP contribution in [-0.4, -0.2) is 13.1 Å². The molecule has 0 spiro atoms. The highest BCUT2D eigenvalue weighted by molar-refractivity contribution is 5.41. The van der Waals surface area contributed by atoms with E-state index >= 15 is 0 Å². The third-order valence-electron chi connectivity index (χ3n) is 3.37. The van der Waals surface area contributed by atoms with Crippen LogP contribution in [0.1, 0.15) is 42.4 Å². The highest BCUT2D eigenvalue weighted by Crippen LogP contribution is 2.27. The Balaban J connectivity index is 2.25. The number of benzene rings is 1. The predicted molar refractivity (Wildman–Crippen MR) is 64.4 cm³/mol. The van der Waals surface area contributed by atoms with Crippen molar-refractivity contribution in [2.24, 2.45) is 0 Å². The van der Waals surface area contributed by atoms with Gasteiger partial charge in [-0.2, -0.15) is 5.26 Å². The van der Waals surface area contributed by atoms with Gasteiger partial charge in [0.2, 0.25) is 0 Å². The number of nitrogens with zero attached hydrogens (tertiary/aromatic N) is 2. The zero-order valence-corrected chi connectivity index (χ0v) is 9.74. The van der Waals surface area contributed by atoms with Gasteiger partial charge in [0, 0.05) is 13.1 Å². The van der Waals surface area contributed by atoms with Crippen LogP contribution in [0.4, 0.5) is 0 Å². The van der Waals surface area contributed by atoms with Crippen LogP contribution in [-0.2, 0) is 6.42 Å². The van der Waals surface area contributed by atoms with E-state index in [-0.39, 0.29) is 0 Å². The lowest BCUT2D eigenvalue weighted by atomic mass is 9.88. The van der Waals surface area contributed by atoms with E-state index in [2.05, 4.69) is 30.4 Å². The SMILES string of the molecule is CCc1cc(C2CC[N]CC2)ccc1C#N. The molecule has 1 aliphatic rings. The molecule has 1 radical (unpaired) electrons. The number of hydrogen-bond acceptors (Lipinski definition) is 1. The Kier molecular flexibility index (Phi) is 3.58. The maximum absolute atomic E-state index is 8.99. The fourth-order valence-corrected chi connectivity index (χ4v) is 2.35. The third-order valence-corrected chi connectivity index (χ3v) is 3.37. The molecule has 0 amide bonds. The highest BCUT2D eigenvalue weighted by atomic mass is 14.9. The molecule has 0 bridgehead atoms. The molecule has 0 N–H and O–H groups in total. The summed E-state index contributed by atoms with van der Waals surface area (Å²) in [7, 11) is 0. The van der Waals surface area contributed by atoms with Crippen molar-refractivity contribution < 1.29 is 0 Å². The minimum absolute atomic E-state index is 0.649. The molecule has 2 heteroatoms. The van der Waals surface area contributed by atoms with Crippen molar-refractivity contribution in [2.45, 2.75) is 32.1 Å². The molecule has 83 valence electrons. The number of hydrogen-bond donors (Lipinski definition) is 0. The first kappa shape index (κ1) is 11.2. The average Bonchev–Trinajstić information content (AvgIpc) is 2.39. The van der Waals surface area contributed by atoms with Crippen LogP contribution >= 0.6 is 0 Å². The molecule has 16 heavy (non-hydrogen) atoms. The van der Waals surface area contributed by atoms with Gasteiger partial charge in [-0.05, 0) is 42.4 Å². The molecule has 1 heterocycles. The van der Waals surface area contributed by atoms with Crippen LogP contribution in [0.15, 0.2) is 18.2 Å². The van der Waals surface area contributed by atoms with Crippen molar-refractivity contribution in [3.05, 3.63) is 34.9 Å². The smallest absolute Gasteiger partial charge is 0.0994 e. The fraction of sp³-hybridized carbons (Fsp3) is 0.500. The summed E-state index contributed by atoms with van der Waals surface area (Å²) in [5.74, 6) is 0.649. The molecule has 1 aromatic carbocycles. The van der Waals surface area contributed by atoms with E-state index in [0.717, 1.165) is 37.9 Å². The Bertz CT molecular complexity index is 398.